The molecule has 14 heteroatoms. The van der Waals surface area contributed by atoms with E-state index in [1.165, 1.54) is 13.0 Å². The number of nitrogens with one attached hydrogen (secondary N) is 1. The molecule has 39 heavy (non-hydrogen) atoms. The van der Waals surface area contributed by atoms with E-state index < -0.39 is 56.1 Å². The third-order valence-electron chi connectivity index (χ3n) is 6.16. The maximum Gasteiger partial charge on any atom is 0.416 e. The van der Waals surface area contributed by atoms with Crippen molar-refractivity contribution in [3.05, 3.63) is 75.8 Å². The van der Waals surface area contributed by atoms with Crippen molar-refractivity contribution in [1.82, 2.24) is 0 Å². The molecule has 0 bridgehead atoms. The number of rotatable bonds is 6. The van der Waals surface area contributed by atoms with Crippen molar-refractivity contribution in [1.29, 1.82) is 0 Å². The molecule has 4 rings (SSSR count). The smallest absolute Gasteiger partial charge is 0.325 e. The fraction of sp³-hybridized carbons (Fsp3) is 0.280. The molecule has 1 amide bonds. The molecule has 3 aromatic rings. The predicted octanol–water partition coefficient (Wildman–Crippen LogP) is 7.29. The summed E-state index contributed by atoms with van der Waals surface area (Å²) in [5, 5.41) is 3.59. The van der Waals surface area contributed by atoms with Crippen molar-refractivity contribution in [2.45, 2.75) is 30.4 Å². The van der Waals surface area contributed by atoms with Gasteiger partial charge in [-0.25, -0.2) is 12.8 Å². The predicted molar refractivity (Wildman–Crippen MR) is 143 cm³/mol. The van der Waals surface area contributed by atoms with Crippen molar-refractivity contribution in [2.75, 3.05) is 16.8 Å². The Bertz CT molecular complexity index is 1590. The number of fused-ring (bicyclic) bond motifs is 1. The Morgan fingerprint density at radius 1 is 1.08 bits per heavy atom. The summed E-state index contributed by atoms with van der Waals surface area (Å²) in [6.07, 6.45) is -10.5. The van der Waals surface area contributed by atoms with E-state index in [2.05, 4.69) is 25.6 Å². The molecule has 0 fully saturated rings. The number of halogens is 7. The summed E-state index contributed by atoms with van der Waals surface area (Å²) in [7, 11) is -3.56. The molecule has 0 aromatic heterocycles. The number of hydrogen-bond acceptors (Lipinski definition) is 5. The van der Waals surface area contributed by atoms with Crippen LogP contribution in [-0.2, 0) is 25.6 Å². The number of amides is 1. The topological polar surface area (TPSA) is 75.6 Å². The number of alkyl halides is 6. The summed E-state index contributed by atoms with van der Waals surface area (Å²) < 4.78 is 108. The summed E-state index contributed by atoms with van der Waals surface area (Å²) in [5.41, 5.74) is -1.11. The van der Waals surface area contributed by atoms with Crippen molar-refractivity contribution in [3.63, 3.8) is 0 Å². The van der Waals surface area contributed by atoms with Crippen LogP contribution in [0.1, 0.15) is 30.0 Å². The van der Waals surface area contributed by atoms with Gasteiger partial charge in [0.15, 0.2) is 14.6 Å². The second-order valence-electron chi connectivity index (χ2n) is 8.82. The van der Waals surface area contributed by atoms with Crippen LogP contribution in [0.3, 0.4) is 0 Å². The molecule has 0 saturated carbocycles. The summed E-state index contributed by atoms with van der Waals surface area (Å²) in [6, 6.07) is 11.6. The van der Waals surface area contributed by atoms with Crippen LogP contribution in [0.15, 0.2) is 63.5 Å². The normalized spacial score (nSPS) is 18.3. The van der Waals surface area contributed by atoms with E-state index in [1.807, 2.05) is 0 Å². The largest absolute Gasteiger partial charge is 0.416 e. The van der Waals surface area contributed by atoms with Gasteiger partial charge in [0.1, 0.15) is 5.75 Å². The molecule has 1 N–H and O–H groups in total. The number of benzene rings is 3. The van der Waals surface area contributed by atoms with Crippen molar-refractivity contribution in [2.24, 2.45) is 4.40 Å². The molecule has 1 aliphatic heterocycles. The van der Waals surface area contributed by atoms with Crippen LogP contribution in [0.2, 0.25) is 0 Å². The van der Waals surface area contributed by atoms with Gasteiger partial charge < -0.3 is 5.32 Å². The molecule has 5 nitrogen and oxygen atoms in total. The Balaban J connectivity index is 1.67. The molecule has 0 aliphatic carbocycles. The number of hydrogen-bond donors (Lipinski definition) is 1. The highest BCUT2D eigenvalue weighted by atomic mass is 79.9. The maximum atomic E-state index is 14.4. The van der Waals surface area contributed by atoms with Gasteiger partial charge in [-0.15, -0.1) is 0 Å². The molecule has 208 valence electrons. The molecule has 1 atom stereocenters. The lowest BCUT2D eigenvalue weighted by molar-refractivity contribution is -0.160. The van der Waals surface area contributed by atoms with Crippen LogP contribution < -0.4 is 5.32 Å². The average molecular weight is 653 g/mol. The zero-order valence-electron chi connectivity index (χ0n) is 20.0. The highest BCUT2D eigenvalue weighted by molar-refractivity contribution is 9.10. The summed E-state index contributed by atoms with van der Waals surface area (Å²) >= 11 is 3.06. The number of anilines is 1. The van der Waals surface area contributed by atoms with Crippen LogP contribution >= 0.6 is 27.9 Å². The number of carbonyl (C=O) groups is 1. The molecule has 1 unspecified atom stereocenters. The molecule has 0 spiro atoms. The molecule has 0 radical (unpaired) electrons. The third-order valence-corrected chi connectivity index (χ3v) is 9.43. The molecule has 3 aromatic carbocycles. The van der Waals surface area contributed by atoms with Gasteiger partial charge in [-0.3, -0.25) is 4.79 Å². The Kier molecular flexibility index (Phi) is 7.87. The molecule has 0 saturated heterocycles. The Morgan fingerprint density at radius 2 is 1.79 bits per heavy atom. The van der Waals surface area contributed by atoms with Gasteiger partial charge in [0, 0.05) is 27.7 Å². The fourth-order valence-electron chi connectivity index (χ4n) is 4.11. The lowest BCUT2D eigenvalue weighted by Crippen LogP contribution is -2.39. The van der Waals surface area contributed by atoms with Gasteiger partial charge in [0.2, 0.25) is 5.91 Å². The lowest BCUT2D eigenvalue weighted by Gasteiger charge is -2.31. The van der Waals surface area contributed by atoms with Crippen LogP contribution in [-0.4, -0.2) is 37.7 Å². The monoisotopic (exact) mass is 652 g/mol. The Labute approximate surface area is 232 Å². The Hall–Kier alpha value is -2.58. The van der Waals surface area contributed by atoms with Crippen LogP contribution in [0.5, 0.6) is 0 Å². The zero-order valence-corrected chi connectivity index (χ0v) is 23.2. The summed E-state index contributed by atoms with van der Waals surface area (Å²) in [5.74, 6) is -1.62. The highest BCUT2D eigenvalue weighted by Crippen LogP contribution is 2.57. The van der Waals surface area contributed by atoms with E-state index in [0.29, 0.717) is 34.2 Å². The van der Waals surface area contributed by atoms with Gasteiger partial charge in [-0.2, -0.15) is 26.3 Å². The van der Waals surface area contributed by atoms with Gasteiger partial charge in [-0.05, 0) is 58.8 Å². The molecule has 1 aliphatic rings. The lowest BCUT2D eigenvalue weighted by atomic mass is 9.88. The van der Waals surface area contributed by atoms with Crippen LogP contribution in [0, 0.1) is 0 Å². The minimum absolute atomic E-state index is 0.0382. The van der Waals surface area contributed by atoms with E-state index in [0.717, 1.165) is 6.07 Å². The van der Waals surface area contributed by atoms with E-state index in [1.54, 1.807) is 30.3 Å². The first-order valence-electron chi connectivity index (χ1n) is 11.3. The number of sulfone groups is 1. The highest BCUT2D eigenvalue weighted by Gasteiger charge is 2.60. The molecular formula is C25H19BrF6N2O3S2. The maximum absolute atomic E-state index is 14.4. The quantitative estimate of drug-likeness (QED) is 0.224. The van der Waals surface area contributed by atoms with Crippen LogP contribution in [0.4, 0.5) is 32.0 Å². The standard InChI is InChI=1S/C25H19BrF6N2O3S2/c1-2-39(36,37)13-22(35)33-20-5-3-4-14-8-15(6-7-19(14)20)21-12-23(38-34-21,25(30,31)32)16-9-17(24(27,28)29)11-18(26)10-16/h3-11H,2,12-13H2,1H3,(H,33,35). The third kappa shape index (κ3) is 6.12. The molecular weight excluding hydrogens is 634 g/mol. The van der Waals surface area contributed by atoms with Gasteiger partial charge >= 0.3 is 12.4 Å². The summed E-state index contributed by atoms with van der Waals surface area (Å²) in [6.45, 7) is 1.42. The first-order valence-corrected chi connectivity index (χ1v) is 14.7. The van der Waals surface area contributed by atoms with Gasteiger partial charge in [0.25, 0.3) is 0 Å². The van der Waals surface area contributed by atoms with Gasteiger partial charge in [0.05, 0.1) is 11.3 Å². The number of nitrogens with zero attached hydrogens (tertiary/aromatic N) is 1. The second-order valence-corrected chi connectivity index (χ2v) is 13.2. The van der Waals surface area contributed by atoms with E-state index in [4.69, 9.17) is 0 Å². The summed E-state index contributed by atoms with van der Waals surface area (Å²) in [4.78, 5) is 12.2. The molecule has 1 heterocycles. The zero-order chi connectivity index (χ0) is 28.8. The average Bonchev–Trinajstić information content (AvgIpc) is 3.30. The van der Waals surface area contributed by atoms with Crippen molar-refractivity contribution in [3.8, 4) is 0 Å². The fourth-order valence-corrected chi connectivity index (χ4v) is 6.24. The van der Waals surface area contributed by atoms with E-state index >= 15 is 0 Å². The minimum Gasteiger partial charge on any atom is -0.325 e. The van der Waals surface area contributed by atoms with E-state index in [9.17, 15) is 39.6 Å². The first-order chi connectivity index (χ1) is 18.0. The SMILES string of the molecule is CCS(=O)(=O)CC(=O)Nc1cccc2cc(C3=NSC(c4cc(Br)cc(C(F)(F)F)c4)(C(F)(F)F)C3)ccc12. The first kappa shape index (κ1) is 29.4. The van der Waals surface area contributed by atoms with Crippen molar-refractivity contribution < 1.29 is 39.6 Å². The Morgan fingerprint density at radius 3 is 2.44 bits per heavy atom. The minimum atomic E-state index is -4.93. The van der Waals surface area contributed by atoms with Crippen molar-refractivity contribution >= 4 is 65.8 Å². The van der Waals surface area contributed by atoms with Gasteiger partial charge in [-0.1, -0.05) is 47.1 Å². The van der Waals surface area contributed by atoms with Crippen LogP contribution in [0.25, 0.3) is 10.8 Å². The second kappa shape index (κ2) is 10.4. The number of carbonyl (C=O) groups excluding carboxylic acids is 1. The van der Waals surface area contributed by atoms with E-state index in [-0.39, 0.29) is 27.9 Å².